The molecule has 0 aliphatic carbocycles. The SMILES string of the molecule is CN1C(=O)CC(=O)c2cc(-n3ccnc3)ccc21. The summed E-state index contributed by atoms with van der Waals surface area (Å²) >= 11 is 0. The molecule has 1 aliphatic heterocycles. The number of aromatic nitrogens is 2. The molecule has 2 aromatic rings. The van der Waals surface area contributed by atoms with Crippen molar-refractivity contribution < 1.29 is 9.59 Å². The minimum atomic E-state index is -0.164. The standard InChI is InChI=1S/C13H11N3O2/c1-15-11-3-2-9(16-5-4-14-8-16)6-10(11)12(17)7-13(15)18/h2-6,8H,7H2,1H3. The van der Waals surface area contributed by atoms with Crippen LogP contribution in [0.25, 0.3) is 5.69 Å². The Balaban J connectivity index is 2.13. The molecule has 1 aromatic carbocycles. The van der Waals surface area contributed by atoms with Crippen molar-refractivity contribution in [1.82, 2.24) is 9.55 Å². The summed E-state index contributed by atoms with van der Waals surface area (Å²) in [6.07, 6.45) is 5.10. The predicted octanol–water partition coefficient (Wildman–Crippen LogP) is 1.42. The summed E-state index contributed by atoms with van der Waals surface area (Å²) < 4.78 is 1.82. The first kappa shape index (κ1) is 10.7. The van der Waals surface area contributed by atoms with Crippen molar-refractivity contribution in [2.24, 2.45) is 0 Å². The highest BCUT2D eigenvalue weighted by Crippen LogP contribution is 2.28. The van der Waals surface area contributed by atoms with Gasteiger partial charge in [0.15, 0.2) is 5.78 Å². The molecule has 0 saturated heterocycles. The molecule has 3 rings (SSSR count). The van der Waals surface area contributed by atoms with Gasteiger partial charge in [-0.1, -0.05) is 0 Å². The van der Waals surface area contributed by atoms with E-state index in [1.165, 1.54) is 4.90 Å². The van der Waals surface area contributed by atoms with E-state index in [4.69, 9.17) is 0 Å². The number of hydrogen-bond acceptors (Lipinski definition) is 3. The quantitative estimate of drug-likeness (QED) is 0.709. The van der Waals surface area contributed by atoms with Gasteiger partial charge >= 0.3 is 0 Å². The van der Waals surface area contributed by atoms with Gasteiger partial charge in [0, 0.05) is 30.7 Å². The van der Waals surface area contributed by atoms with Crippen LogP contribution in [0.15, 0.2) is 36.9 Å². The van der Waals surface area contributed by atoms with Crippen LogP contribution >= 0.6 is 0 Å². The van der Waals surface area contributed by atoms with Crippen LogP contribution in [0, 0.1) is 0 Å². The Kier molecular flexibility index (Phi) is 2.26. The number of carbonyl (C=O) groups is 2. The minimum Gasteiger partial charge on any atom is -0.314 e. The summed E-state index contributed by atoms with van der Waals surface area (Å²) in [6, 6.07) is 5.45. The van der Waals surface area contributed by atoms with Crippen molar-refractivity contribution in [3.05, 3.63) is 42.5 Å². The number of nitrogens with zero attached hydrogens (tertiary/aromatic N) is 3. The molecule has 90 valence electrons. The molecule has 1 aliphatic rings. The Morgan fingerprint density at radius 2 is 2.11 bits per heavy atom. The summed E-state index contributed by atoms with van der Waals surface area (Å²) in [5, 5.41) is 0. The maximum atomic E-state index is 11.9. The molecule has 1 aromatic heterocycles. The summed E-state index contributed by atoms with van der Waals surface area (Å²) in [7, 11) is 1.69. The van der Waals surface area contributed by atoms with Crippen LogP contribution in [-0.4, -0.2) is 28.3 Å². The molecular weight excluding hydrogens is 230 g/mol. The molecule has 0 atom stereocenters. The summed E-state index contributed by atoms with van der Waals surface area (Å²) in [6.45, 7) is 0. The van der Waals surface area contributed by atoms with Crippen LogP contribution < -0.4 is 4.90 Å². The number of Topliss-reactive ketones (excluding diaryl/α,β-unsaturated/α-hetero) is 1. The third-order valence-corrected chi connectivity index (χ3v) is 3.13. The van der Waals surface area contributed by atoms with Crippen molar-refractivity contribution in [3.8, 4) is 5.69 Å². The molecule has 18 heavy (non-hydrogen) atoms. The number of carbonyl (C=O) groups excluding carboxylic acids is 2. The lowest BCUT2D eigenvalue weighted by atomic mass is 9.99. The van der Waals surface area contributed by atoms with E-state index in [-0.39, 0.29) is 18.1 Å². The maximum Gasteiger partial charge on any atom is 0.234 e. The van der Waals surface area contributed by atoms with Crippen molar-refractivity contribution >= 4 is 17.4 Å². The van der Waals surface area contributed by atoms with E-state index in [9.17, 15) is 9.59 Å². The molecular formula is C13H11N3O2. The fourth-order valence-electron chi connectivity index (χ4n) is 2.10. The fraction of sp³-hybridized carbons (Fsp3) is 0.154. The Labute approximate surface area is 104 Å². The maximum absolute atomic E-state index is 11.9. The number of rotatable bonds is 1. The largest absolute Gasteiger partial charge is 0.314 e. The van der Waals surface area contributed by atoms with Gasteiger partial charge in [-0.15, -0.1) is 0 Å². The highest BCUT2D eigenvalue weighted by atomic mass is 16.2. The second kappa shape index (κ2) is 3.80. The fourth-order valence-corrected chi connectivity index (χ4v) is 2.10. The molecule has 5 nitrogen and oxygen atoms in total. The Hall–Kier alpha value is -2.43. The Morgan fingerprint density at radius 1 is 1.28 bits per heavy atom. The first-order chi connectivity index (χ1) is 8.66. The monoisotopic (exact) mass is 241 g/mol. The Bertz CT molecular complexity index is 632. The van der Waals surface area contributed by atoms with Crippen molar-refractivity contribution in [2.45, 2.75) is 6.42 Å². The lowest BCUT2D eigenvalue weighted by Gasteiger charge is -2.25. The highest BCUT2D eigenvalue weighted by Gasteiger charge is 2.27. The molecule has 0 fully saturated rings. The number of amides is 1. The average Bonchev–Trinajstić information content (AvgIpc) is 2.89. The lowest BCUT2D eigenvalue weighted by molar-refractivity contribution is -0.117. The zero-order chi connectivity index (χ0) is 12.7. The van der Waals surface area contributed by atoms with Crippen LogP contribution in [-0.2, 0) is 4.79 Å². The molecule has 1 amide bonds. The molecule has 5 heteroatoms. The number of anilines is 1. The molecule has 0 bridgehead atoms. The molecule has 2 heterocycles. The summed E-state index contributed by atoms with van der Waals surface area (Å²) in [5.41, 5.74) is 2.12. The van der Waals surface area contributed by atoms with Crippen molar-refractivity contribution in [1.29, 1.82) is 0 Å². The predicted molar refractivity (Wildman–Crippen MR) is 65.9 cm³/mol. The van der Waals surface area contributed by atoms with E-state index in [1.54, 1.807) is 31.7 Å². The number of imidazole rings is 1. The van der Waals surface area contributed by atoms with Crippen LogP contribution in [0.2, 0.25) is 0 Å². The summed E-state index contributed by atoms with van der Waals surface area (Å²) in [5.74, 6) is -0.294. The first-order valence-electron chi connectivity index (χ1n) is 5.59. The van der Waals surface area contributed by atoms with E-state index in [0.29, 0.717) is 11.3 Å². The molecule has 0 spiro atoms. The smallest absolute Gasteiger partial charge is 0.234 e. The molecule has 0 N–H and O–H groups in total. The normalized spacial score (nSPS) is 14.8. The van der Waals surface area contributed by atoms with Gasteiger partial charge in [0.25, 0.3) is 0 Å². The molecule has 0 saturated carbocycles. The molecule has 0 unspecified atom stereocenters. The van der Waals surface area contributed by atoms with Gasteiger partial charge in [0.2, 0.25) is 5.91 Å². The van der Waals surface area contributed by atoms with Gasteiger partial charge in [-0.05, 0) is 18.2 Å². The highest BCUT2D eigenvalue weighted by molar-refractivity contribution is 6.19. The van der Waals surface area contributed by atoms with E-state index in [1.807, 2.05) is 16.8 Å². The van der Waals surface area contributed by atoms with Gasteiger partial charge in [-0.3, -0.25) is 9.59 Å². The van der Waals surface area contributed by atoms with Gasteiger partial charge in [0.1, 0.15) is 0 Å². The van der Waals surface area contributed by atoms with Gasteiger partial charge in [-0.25, -0.2) is 4.98 Å². The zero-order valence-electron chi connectivity index (χ0n) is 9.83. The van der Waals surface area contributed by atoms with E-state index < -0.39 is 0 Å². The number of benzene rings is 1. The van der Waals surface area contributed by atoms with E-state index >= 15 is 0 Å². The molecule has 0 radical (unpaired) electrons. The van der Waals surface area contributed by atoms with Crippen molar-refractivity contribution in [3.63, 3.8) is 0 Å². The van der Waals surface area contributed by atoms with Crippen LogP contribution in [0.1, 0.15) is 16.8 Å². The van der Waals surface area contributed by atoms with Gasteiger partial charge in [-0.2, -0.15) is 0 Å². The topological polar surface area (TPSA) is 55.2 Å². The average molecular weight is 241 g/mol. The van der Waals surface area contributed by atoms with E-state index in [2.05, 4.69) is 4.98 Å². The van der Waals surface area contributed by atoms with Crippen molar-refractivity contribution in [2.75, 3.05) is 11.9 Å². The van der Waals surface area contributed by atoms with Gasteiger partial charge in [0.05, 0.1) is 18.4 Å². The van der Waals surface area contributed by atoms with E-state index in [0.717, 1.165) is 5.69 Å². The van der Waals surface area contributed by atoms with Crippen LogP contribution in [0.5, 0.6) is 0 Å². The lowest BCUT2D eigenvalue weighted by Crippen LogP contribution is -2.34. The Morgan fingerprint density at radius 3 is 2.83 bits per heavy atom. The zero-order valence-corrected chi connectivity index (χ0v) is 9.83. The third kappa shape index (κ3) is 1.52. The van der Waals surface area contributed by atoms with Crippen LogP contribution in [0.3, 0.4) is 0 Å². The number of ketones is 1. The third-order valence-electron chi connectivity index (χ3n) is 3.13. The minimum absolute atomic E-state index is 0.0586. The second-order valence-corrected chi connectivity index (χ2v) is 4.22. The second-order valence-electron chi connectivity index (χ2n) is 4.22. The van der Waals surface area contributed by atoms with Gasteiger partial charge < -0.3 is 9.47 Å². The first-order valence-corrected chi connectivity index (χ1v) is 5.59. The number of fused-ring (bicyclic) bond motifs is 1. The summed E-state index contributed by atoms with van der Waals surface area (Å²) in [4.78, 5) is 29.0. The number of hydrogen-bond donors (Lipinski definition) is 0. The van der Waals surface area contributed by atoms with Crippen LogP contribution in [0.4, 0.5) is 5.69 Å².